The predicted octanol–water partition coefficient (Wildman–Crippen LogP) is 1.28. The van der Waals surface area contributed by atoms with E-state index < -0.39 is 0 Å². The molecule has 0 unspecified atom stereocenters. The molecule has 0 saturated carbocycles. The molecule has 0 aromatic carbocycles. The summed E-state index contributed by atoms with van der Waals surface area (Å²) in [4.78, 5) is 8.34. The lowest BCUT2D eigenvalue weighted by atomic mass is 10.3. The van der Waals surface area contributed by atoms with E-state index in [9.17, 15) is 0 Å². The molecule has 3 heterocycles. The van der Waals surface area contributed by atoms with Crippen LogP contribution in [0.3, 0.4) is 0 Å². The first-order chi connectivity index (χ1) is 9.72. The van der Waals surface area contributed by atoms with Crippen molar-refractivity contribution in [1.82, 2.24) is 30.4 Å². The summed E-state index contributed by atoms with van der Waals surface area (Å²) in [7, 11) is 0. The number of anilines is 1. The highest BCUT2D eigenvalue weighted by Crippen LogP contribution is 2.13. The highest BCUT2D eigenvalue weighted by molar-refractivity contribution is 5.52. The molecule has 0 bridgehead atoms. The second-order valence-corrected chi connectivity index (χ2v) is 4.24. The second-order valence-electron chi connectivity index (χ2n) is 4.24. The number of hydrogen-bond donors (Lipinski definition) is 1. The Morgan fingerprint density at radius 2 is 1.30 bits per heavy atom. The molecular weight excluding hydrogens is 254 g/mol. The maximum absolute atomic E-state index is 5.57. The molecule has 0 radical (unpaired) electrons. The van der Waals surface area contributed by atoms with E-state index in [1.807, 2.05) is 19.1 Å². The number of aryl methyl sites for hydroxylation is 1. The standard InChI is InChI=1S/C13H11N7/c1-8-2-4-10(15-6-8)12-17-19-13(20-18-12)11-5-3-9(14)7-16-11/h2-7H,14H2,1H3. The van der Waals surface area contributed by atoms with E-state index in [4.69, 9.17) is 5.73 Å². The van der Waals surface area contributed by atoms with Crippen LogP contribution in [-0.4, -0.2) is 30.4 Å². The van der Waals surface area contributed by atoms with Gasteiger partial charge < -0.3 is 5.73 Å². The van der Waals surface area contributed by atoms with E-state index >= 15 is 0 Å². The van der Waals surface area contributed by atoms with Gasteiger partial charge in [0.2, 0.25) is 11.6 Å². The summed E-state index contributed by atoms with van der Waals surface area (Å²) in [5, 5.41) is 16.1. The molecule has 98 valence electrons. The van der Waals surface area contributed by atoms with Crippen LogP contribution in [0.25, 0.3) is 23.0 Å². The summed E-state index contributed by atoms with van der Waals surface area (Å²) in [6, 6.07) is 7.20. The maximum atomic E-state index is 5.57. The van der Waals surface area contributed by atoms with E-state index in [0.717, 1.165) is 5.56 Å². The monoisotopic (exact) mass is 265 g/mol. The molecule has 0 aliphatic carbocycles. The van der Waals surface area contributed by atoms with E-state index in [1.54, 1.807) is 18.3 Å². The molecule has 7 heteroatoms. The van der Waals surface area contributed by atoms with Crippen molar-refractivity contribution >= 4 is 5.69 Å². The van der Waals surface area contributed by atoms with E-state index in [2.05, 4.69) is 30.4 Å². The number of nitrogens with zero attached hydrogens (tertiary/aromatic N) is 6. The molecule has 3 aromatic heterocycles. The summed E-state index contributed by atoms with van der Waals surface area (Å²) >= 11 is 0. The highest BCUT2D eigenvalue weighted by Gasteiger charge is 2.08. The van der Waals surface area contributed by atoms with Crippen molar-refractivity contribution in [1.29, 1.82) is 0 Å². The average Bonchev–Trinajstić information content (AvgIpc) is 2.49. The van der Waals surface area contributed by atoms with Crippen LogP contribution in [0.2, 0.25) is 0 Å². The van der Waals surface area contributed by atoms with Crippen LogP contribution in [0.1, 0.15) is 5.56 Å². The third kappa shape index (κ3) is 2.41. The van der Waals surface area contributed by atoms with E-state index in [-0.39, 0.29) is 0 Å². The SMILES string of the molecule is Cc1ccc(-c2nnc(-c3ccc(N)cn3)nn2)nc1. The van der Waals surface area contributed by atoms with Gasteiger partial charge in [-0.15, -0.1) is 20.4 Å². The van der Waals surface area contributed by atoms with Crippen LogP contribution in [0.5, 0.6) is 0 Å². The molecule has 3 rings (SSSR count). The topological polar surface area (TPSA) is 103 Å². The smallest absolute Gasteiger partial charge is 0.221 e. The van der Waals surface area contributed by atoms with Crippen molar-refractivity contribution in [3.63, 3.8) is 0 Å². The Morgan fingerprint density at radius 3 is 1.75 bits per heavy atom. The molecule has 0 fully saturated rings. The Labute approximate surface area is 115 Å². The Hall–Kier alpha value is -2.96. The third-order valence-electron chi connectivity index (χ3n) is 2.63. The van der Waals surface area contributed by atoms with Gasteiger partial charge in [0.15, 0.2) is 0 Å². The lowest BCUT2D eigenvalue weighted by Gasteiger charge is -2.00. The summed E-state index contributed by atoms with van der Waals surface area (Å²) in [5.74, 6) is 0.727. The number of aromatic nitrogens is 6. The van der Waals surface area contributed by atoms with Crippen molar-refractivity contribution in [3.05, 3.63) is 42.2 Å². The minimum absolute atomic E-state index is 0.348. The zero-order valence-corrected chi connectivity index (χ0v) is 10.7. The molecule has 0 spiro atoms. The van der Waals surface area contributed by atoms with E-state index in [1.165, 1.54) is 6.20 Å². The third-order valence-corrected chi connectivity index (χ3v) is 2.63. The van der Waals surface area contributed by atoms with Crippen LogP contribution < -0.4 is 5.73 Å². The average molecular weight is 265 g/mol. The Kier molecular flexibility index (Phi) is 3.00. The summed E-state index contributed by atoms with van der Waals surface area (Å²) < 4.78 is 0. The maximum Gasteiger partial charge on any atom is 0.221 e. The molecule has 3 aromatic rings. The normalized spacial score (nSPS) is 10.4. The fourth-order valence-corrected chi connectivity index (χ4v) is 1.57. The van der Waals surface area contributed by atoms with Gasteiger partial charge in [0.05, 0.1) is 11.9 Å². The van der Waals surface area contributed by atoms with Crippen molar-refractivity contribution in [2.75, 3.05) is 5.73 Å². The first-order valence-corrected chi connectivity index (χ1v) is 5.95. The van der Waals surface area contributed by atoms with Gasteiger partial charge in [-0.2, -0.15) is 0 Å². The number of nitrogen functional groups attached to an aromatic ring is 1. The molecule has 0 aliphatic rings. The molecular formula is C13H11N7. The van der Waals surface area contributed by atoms with Gasteiger partial charge in [-0.3, -0.25) is 9.97 Å². The van der Waals surface area contributed by atoms with E-state index in [0.29, 0.717) is 28.7 Å². The molecule has 0 atom stereocenters. The summed E-state index contributed by atoms with van der Waals surface area (Å²) in [6.07, 6.45) is 3.28. The number of rotatable bonds is 2. The van der Waals surface area contributed by atoms with Crippen LogP contribution >= 0.6 is 0 Å². The van der Waals surface area contributed by atoms with Gasteiger partial charge in [-0.25, -0.2) is 0 Å². The highest BCUT2D eigenvalue weighted by atomic mass is 15.3. The number of nitrogens with two attached hydrogens (primary N) is 1. The molecule has 7 nitrogen and oxygen atoms in total. The summed E-state index contributed by atoms with van der Waals surface area (Å²) in [5.41, 5.74) is 8.42. The van der Waals surface area contributed by atoms with Crippen molar-refractivity contribution in [2.45, 2.75) is 6.92 Å². The number of pyridine rings is 2. The Balaban J connectivity index is 1.91. The molecule has 20 heavy (non-hydrogen) atoms. The first kappa shape index (κ1) is 12.1. The zero-order valence-electron chi connectivity index (χ0n) is 10.7. The van der Waals surface area contributed by atoms with Crippen LogP contribution in [0.4, 0.5) is 5.69 Å². The van der Waals surface area contributed by atoms with Gasteiger partial charge in [-0.05, 0) is 30.7 Å². The molecule has 2 N–H and O–H groups in total. The first-order valence-electron chi connectivity index (χ1n) is 5.95. The fourth-order valence-electron chi connectivity index (χ4n) is 1.57. The second kappa shape index (κ2) is 4.96. The fraction of sp³-hybridized carbons (Fsp3) is 0.0769. The largest absolute Gasteiger partial charge is 0.397 e. The van der Waals surface area contributed by atoms with Crippen LogP contribution in [0.15, 0.2) is 36.7 Å². The van der Waals surface area contributed by atoms with Gasteiger partial charge in [-0.1, -0.05) is 6.07 Å². The van der Waals surface area contributed by atoms with Crippen molar-refractivity contribution < 1.29 is 0 Å². The van der Waals surface area contributed by atoms with Crippen molar-refractivity contribution in [2.24, 2.45) is 0 Å². The summed E-state index contributed by atoms with van der Waals surface area (Å²) in [6.45, 7) is 1.96. The minimum Gasteiger partial charge on any atom is -0.397 e. The predicted molar refractivity (Wildman–Crippen MR) is 73.2 cm³/mol. The van der Waals surface area contributed by atoms with Gasteiger partial charge in [0.25, 0.3) is 0 Å². The lowest BCUT2D eigenvalue weighted by Crippen LogP contribution is -2.01. The molecule has 0 aliphatic heterocycles. The van der Waals surface area contributed by atoms with Gasteiger partial charge in [0.1, 0.15) is 11.4 Å². The number of hydrogen-bond acceptors (Lipinski definition) is 7. The minimum atomic E-state index is 0.348. The van der Waals surface area contributed by atoms with Crippen molar-refractivity contribution in [3.8, 4) is 23.0 Å². The quantitative estimate of drug-likeness (QED) is 0.744. The lowest BCUT2D eigenvalue weighted by molar-refractivity contribution is 0.865. The molecule has 0 amide bonds. The zero-order chi connectivity index (χ0) is 13.9. The Morgan fingerprint density at radius 1 is 0.750 bits per heavy atom. The van der Waals surface area contributed by atoms with Crippen LogP contribution in [-0.2, 0) is 0 Å². The van der Waals surface area contributed by atoms with Gasteiger partial charge >= 0.3 is 0 Å². The van der Waals surface area contributed by atoms with Gasteiger partial charge in [0, 0.05) is 6.20 Å². The Bertz CT molecular complexity index is 641. The van der Waals surface area contributed by atoms with Crippen LogP contribution in [0, 0.1) is 6.92 Å². The molecule has 0 saturated heterocycles.